The molecule has 0 N–H and O–H groups in total. The minimum atomic E-state index is -4.70. The Balaban J connectivity index is 1.70. The van der Waals surface area contributed by atoms with Crippen LogP contribution in [0.5, 0.6) is 5.75 Å². The molecular weight excluding hydrogens is 393 g/mol. The Bertz CT molecular complexity index is 871. The van der Waals surface area contributed by atoms with Crippen LogP contribution in [-0.4, -0.2) is 42.2 Å². The van der Waals surface area contributed by atoms with Crippen LogP contribution in [0.4, 0.5) is 13.2 Å². The minimum absolute atomic E-state index is 0.0411. The van der Waals surface area contributed by atoms with Gasteiger partial charge >= 0.3 is 6.36 Å². The van der Waals surface area contributed by atoms with Gasteiger partial charge < -0.3 is 9.64 Å². The summed E-state index contributed by atoms with van der Waals surface area (Å²) in [6.45, 7) is 7.29. The average molecular weight is 420 g/mol. The number of carbonyl (C=O) groups is 1. The second-order valence-electron chi connectivity index (χ2n) is 8.69. The Morgan fingerprint density at radius 1 is 1.00 bits per heavy atom. The number of halogens is 3. The summed E-state index contributed by atoms with van der Waals surface area (Å²) in [7, 11) is 1.92. The van der Waals surface area contributed by atoms with Gasteiger partial charge in [0.1, 0.15) is 11.9 Å². The van der Waals surface area contributed by atoms with Crippen molar-refractivity contribution in [3.63, 3.8) is 0 Å². The van der Waals surface area contributed by atoms with Crippen LogP contribution in [0.1, 0.15) is 43.6 Å². The summed E-state index contributed by atoms with van der Waals surface area (Å²) in [5.41, 5.74) is 3.17. The number of likely N-dealkylation sites (N-methyl/N-ethyl adjacent to an activating group) is 1. The fourth-order valence-corrected chi connectivity index (χ4v) is 3.71. The number of amides is 1. The summed E-state index contributed by atoms with van der Waals surface area (Å²) in [5, 5.41) is 0. The van der Waals surface area contributed by atoms with E-state index in [9.17, 15) is 18.0 Å². The van der Waals surface area contributed by atoms with Crippen molar-refractivity contribution in [1.29, 1.82) is 0 Å². The van der Waals surface area contributed by atoms with Crippen LogP contribution in [0, 0.1) is 0 Å². The number of rotatable bonds is 5. The molecule has 0 bridgehead atoms. The number of hydrogen-bond acceptors (Lipinski definition) is 3. The monoisotopic (exact) mass is 420 g/mol. The van der Waals surface area contributed by atoms with Crippen LogP contribution in [0.25, 0.3) is 0 Å². The number of carbonyl (C=O) groups excluding carboxylic acids is 1. The van der Waals surface area contributed by atoms with Crippen molar-refractivity contribution in [3.05, 3.63) is 65.2 Å². The van der Waals surface area contributed by atoms with E-state index in [2.05, 4.69) is 49.8 Å². The molecule has 1 unspecified atom stereocenters. The summed E-state index contributed by atoms with van der Waals surface area (Å²) in [6.07, 6.45) is -4.31. The molecule has 1 amide bonds. The van der Waals surface area contributed by atoms with E-state index in [1.807, 2.05) is 16.8 Å². The quantitative estimate of drug-likeness (QED) is 0.690. The normalized spacial score (nSPS) is 18.2. The SMILES string of the molecule is CN1CC(=O)N(CCc2ccc(OC(F)(F)F)cc2)C1c1ccc(C(C)(C)C)cc1. The Morgan fingerprint density at radius 3 is 2.13 bits per heavy atom. The van der Waals surface area contributed by atoms with E-state index in [0.29, 0.717) is 19.5 Å². The highest BCUT2D eigenvalue weighted by Gasteiger charge is 2.36. The van der Waals surface area contributed by atoms with Gasteiger partial charge in [-0.05, 0) is 47.7 Å². The lowest BCUT2D eigenvalue weighted by atomic mass is 9.86. The van der Waals surface area contributed by atoms with Crippen LogP contribution >= 0.6 is 0 Å². The van der Waals surface area contributed by atoms with Crippen molar-refractivity contribution < 1.29 is 22.7 Å². The van der Waals surface area contributed by atoms with E-state index in [1.165, 1.54) is 17.7 Å². The number of nitrogens with zero attached hydrogens (tertiary/aromatic N) is 2. The fraction of sp³-hybridized carbons (Fsp3) is 0.435. The molecule has 162 valence electrons. The Kier molecular flexibility index (Phi) is 6.13. The standard InChI is InChI=1S/C23H27F3N2O2/c1-22(2,3)18-9-7-17(8-10-18)21-27(4)15-20(29)28(21)14-13-16-5-11-19(12-6-16)30-23(24,25)26/h5-12,21H,13-15H2,1-4H3. The zero-order valence-electron chi connectivity index (χ0n) is 17.7. The third-order valence-electron chi connectivity index (χ3n) is 5.29. The Labute approximate surface area is 175 Å². The van der Waals surface area contributed by atoms with Gasteiger partial charge in [0.05, 0.1) is 6.54 Å². The lowest BCUT2D eigenvalue weighted by Crippen LogP contribution is -2.32. The van der Waals surface area contributed by atoms with Crippen LogP contribution in [-0.2, 0) is 16.6 Å². The molecule has 30 heavy (non-hydrogen) atoms. The zero-order valence-corrected chi connectivity index (χ0v) is 17.7. The molecule has 1 fully saturated rings. The molecule has 1 aliphatic heterocycles. The molecule has 3 rings (SSSR count). The van der Waals surface area contributed by atoms with Crippen molar-refractivity contribution >= 4 is 5.91 Å². The van der Waals surface area contributed by atoms with Crippen LogP contribution < -0.4 is 4.74 Å². The summed E-state index contributed by atoms with van der Waals surface area (Å²) in [6, 6.07) is 14.1. The third kappa shape index (κ3) is 5.33. The first-order chi connectivity index (χ1) is 13.9. The summed E-state index contributed by atoms with van der Waals surface area (Å²) in [4.78, 5) is 16.4. The molecule has 0 radical (unpaired) electrons. The maximum absolute atomic E-state index is 12.6. The number of hydrogen-bond donors (Lipinski definition) is 0. The Morgan fingerprint density at radius 2 is 1.60 bits per heavy atom. The van der Waals surface area contributed by atoms with Crippen molar-refractivity contribution in [2.75, 3.05) is 20.1 Å². The molecule has 0 aliphatic carbocycles. The molecule has 7 heteroatoms. The van der Waals surface area contributed by atoms with E-state index in [-0.39, 0.29) is 23.2 Å². The molecule has 4 nitrogen and oxygen atoms in total. The molecule has 1 heterocycles. The first-order valence-corrected chi connectivity index (χ1v) is 9.89. The minimum Gasteiger partial charge on any atom is -0.406 e. The predicted octanol–water partition coefficient (Wildman–Crippen LogP) is 4.90. The van der Waals surface area contributed by atoms with Gasteiger partial charge in [-0.25, -0.2) is 0 Å². The lowest BCUT2D eigenvalue weighted by molar-refractivity contribution is -0.274. The van der Waals surface area contributed by atoms with Gasteiger partial charge in [-0.2, -0.15) is 0 Å². The summed E-state index contributed by atoms with van der Waals surface area (Å²) >= 11 is 0. The van der Waals surface area contributed by atoms with Crippen molar-refractivity contribution in [1.82, 2.24) is 9.80 Å². The molecule has 1 aliphatic rings. The molecule has 0 spiro atoms. The molecule has 2 aromatic rings. The molecule has 0 aromatic heterocycles. The highest BCUT2D eigenvalue weighted by atomic mass is 19.4. The van der Waals surface area contributed by atoms with Crippen LogP contribution in [0.2, 0.25) is 0 Å². The van der Waals surface area contributed by atoms with E-state index >= 15 is 0 Å². The Hall–Kier alpha value is -2.54. The van der Waals surface area contributed by atoms with E-state index in [4.69, 9.17) is 0 Å². The van der Waals surface area contributed by atoms with Crippen molar-refractivity contribution in [2.24, 2.45) is 0 Å². The number of ether oxygens (including phenoxy) is 1. The maximum atomic E-state index is 12.6. The van der Waals surface area contributed by atoms with Crippen molar-refractivity contribution in [2.45, 2.75) is 45.1 Å². The highest BCUT2D eigenvalue weighted by molar-refractivity contribution is 5.81. The third-order valence-corrected chi connectivity index (χ3v) is 5.29. The van der Waals surface area contributed by atoms with Gasteiger partial charge in [-0.3, -0.25) is 9.69 Å². The highest BCUT2D eigenvalue weighted by Crippen LogP contribution is 2.32. The molecular formula is C23H27F3N2O2. The maximum Gasteiger partial charge on any atom is 0.573 e. The number of benzene rings is 2. The van der Waals surface area contributed by atoms with Gasteiger partial charge in [0, 0.05) is 6.54 Å². The van der Waals surface area contributed by atoms with E-state index in [1.54, 1.807) is 12.1 Å². The number of alkyl halides is 3. The summed E-state index contributed by atoms with van der Waals surface area (Å²) in [5.74, 6) is -0.209. The molecule has 2 aromatic carbocycles. The topological polar surface area (TPSA) is 32.8 Å². The van der Waals surface area contributed by atoms with Crippen LogP contribution in [0.15, 0.2) is 48.5 Å². The molecule has 0 saturated carbocycles. The second-order valence-corrected chi connectivity index (χ2v) is 8.69. The second kappa shape index (κ2) is 8.30. The summed E-state index contributed by atoms with van der Waals surface area (Å²) < 4.78 is 40.8. The van der Waals surface area contributed by atoms with Gasteiger partial charge in [0.2, 0.25) is 5.91 Å². The fourth-order valence-electron chi connectivity index (χ4n) is 3.71. The van der Waals surface area contributed by atoms with Gasteiger partial charge in [0.15, 0.2) is 0 Å². The van der Waals surface area contributed by atoms with Crippen LogP contribution in [0.3, 0.4) is 0 Å². The van der Waals surface area contributed by atoms with E-state index in [0.717, 1.165) is 11.1 Å². The zero-order chi connectivity index (χ0) is 22.1. The smallest absolute Gasteiger partial charge is 0.406 e. The van der Waals surface area contributed by atoms with Gasteiger partial charge in [-0.15, -0.1) is 13.2 Å². The van der Waals surface area contributed by atoms with Crippen molar-refractivity contribution in [3.8, 4) is 5.75 Å². The first kappa shape index (κ1) is 22.2. The lowest BCUT2D eigenvalue weighted by Gasteiger charge is -2.29. The average Bonchev–Trinajstić information content (AvgIpc) is 2.92. The molecule has 1 atom stereocenters. The largest absolute Gasteiger partial charge is 0.573 e. The molecule has 1 saturated heterocycles. The predicted molar refractivity (Wildman–Crippen MR) is 109 cm³/mol. The van der Waals surface area contributed by atoms with E-state index < -0.39 is 6.36 Å². The van der Waals surface area contributed by atoms with Gasteiger partial charge in [-0.1, -0.05) is 57.2 Å². The van der Waals surface area contributed by atoms with Gasteiger partial charge in [0.25, 0.3) is 0 Å². The first-order valence-electron chi connectivity index (χ1n) is 9.89.